The van der Waals surface area contributed by atoms with E-state index in [2.05, 4.69) is 0 Å². The second-order valence-electron chi connectivity index (χ2n) is 2.92. The Labute approximate surface area is 90.1 Å². The Balaban J connectivity index is 3.52. The Bertz CT molecular complexity index is 418. The molecular weight excluding hydrogens is 227 g/mol. The second kappa shape index (κ2) is 4.11. The molecule has 0 heterocycles. The van der Waals surface area contributed by atoms with Crippen molar-refractivity contribution >= 4 is 11.6 Å². The van der Waals surface area contributed by atoms with E-state index in [-0.39, 0.29) is 5.02 Å². The van der Waals surface area contributed by atoms with E-state index in [0.29, 0.717) is 12.0 Å². The van der Waals surface area contributed by atoms with E-state index < -0.39 is 17.3 Å². The van der Waals surface area contributed by atoms with Gasteiger partial charge in [0, 0.05) is 0 Å². The van der Waals surface area contributed by atoms with Gasteiger partial charge >= 0.3 is 6.18 Å². The first-order valence-corrected chi connectivity index (χ1v) is 4.58. The number of hydrogen-bond donors (Lipinski definition) is 0. The molecule has 0 atom stereocenters. The van der Waals surface area contributed by atoms with Gasteiger partial charge in [-0.05, 0) is 18.1 Å². The van der Waals surface area contributed by atoms with Gasteiger partial charge in [0.15, 0.2) is 0 Å². The molecule has 0 radical (unpaired) electrons. The zero-order valence-corrected chi connectivity index (χ0v) is 8.58. The van der Waals surface area contributed by atoms with Crippen molar-refractivity contribution in [2.75, 3.05) is 0 Å². The predicted molar refractivity (Wildman–Crippen MR) is 50.5 cm³/mol. The van der Waals surface area contributed by atoms with Crippen LogP contribution in [0, 0.1) is 11.3 Å². The summed E-state index contributed by atoms with van der Waals surface area (Å²) in [5.74, 6) is 0. The van der Waals surface area contributed by atoms with Crippen LogP contribution >= 0.6 is 11.6 Å². The molecular formula is C10H7ClF3N. The molecule has 1 aromatic carbocycles. The van der Waals surface area contributed by atoms with Gasteiger partial charge in [-0.1, -0.05) is 24.6 Å². The summed E-state index contributed by atoms with van der Waals surface area (Å²) in [6.07, 6.45) is -4.19. The smallest absolute Gasteiger partial charge is 0.192 e. The van der Waals surface area contributed by atoms with E-state index in [0.717, 1.165) is 6.07 Å². The number of halogens is 4. The number of nitrogens with zero attached hydrogens (tertiary/aromatic N) is 1. The van der Waals surface area contributed by atoms with Crippen LogP contribution in [0.4, 0.5) is 13.2 Å². The molecule has 0 aliphatic rings. The lowest BCUT2D eigenvalue weighted by Crippen LogP contribution is -2.10. The number of aryl methyl sites for hydroxylation is 1. The molecule has 1 nitrogen and oxygen atoms in total. The minimum Gasteiger partial charge on any atom is -0.192 e. The van der Waals surface area contributed by atoms with Crippen molar-refractivity contribution in [1.29, 1.82) is 5.26 Å². The van der Waals surface area contributed by atoms with Crippen LogP contribution in [-0.2, 0) is 12.6 Å². The van der Waals surface area contributed by atoms with Crippen LogP contribution in [0.5, 0.6) is 0 Å². The predicted octanol–water partition coefficient (Wildman–Crippen LogP) is 3.79. The maximum Gasteiger partial charge on any atom is 0.419 e. The average Bonchev–Trinajstić information content (AvgIpc) is 2.15. The highest BCUT2D eigenvalue weighted by Gasteiger charge is 2.36. The molecule has 0 aliphatic heterocycles. The van der Waals surface area contributed by atoms with Crippen LogP contribution < -0.4 is 0 Å². The molecule has 0 aliphatic carbocycles. The third kappa shape index (κ3) is 2.24. The molecule has 0 amide bonds. The van der Waals surface area contributed by atoms with Crippen molar-refractivity contribution in [2.24, 2.45) is 0 Å². The lowest BCUT2D eigenvalue weighted by atomic mass is 10.0. The van der Waals surface area contributed by atoms with Crippen molar-refractivity contribution in [3.05, 3.63) is 33.8 Å². The van der Waals surface area contributed by atoms with Crippen LogP contribution in [0.25, 0.3) is 0 Å². The molecule has 0 saturated heterocycles. The fraction of sp³-hybridized carbons (Fsp3) is 0.300. The largest absolute Gasteiger partial charge is 0.419 e. The summed E-state index contributed by atoms with van der Waals surface area (Å²) in [7, 11) is 0. The Morgan fingerprint density at radius 2 is 2.00 bits per heavy atom. The first kappa shape index (κ1) is 11.9. The van der Waals surface area contributed by atoms with Crippen LogP contribution in [-0.4, -0.2) is 0 Å². The molecule has 5 heteroatoms. The molecule has 1 aromatic rings. The van der Waals surface area contributed by atoms with Crippen LogP contribution in [0.1, 0.15) is 23.6 Å². The summed E-state index contributed by atoms with van der Waals surface area (Å²) in [6.45, 7) is 1.70. The minimum absolute atomic E-state index is 0.371. The van der Waals surface area contributed by atoms with E-state index in [1.54, 1.807) is 6.92 Å². The number of benzene rings is 1. The van der Waals surface area contributed by atoms with E-state index >= 15 is 0 Å². The zero-order valence-electron chi connectivity index (χ0n) is 7.82. The van der Waals surface area contributed by atoms with Crippen LogP contribution in [0.15, 0.2) is 12.1 Å². The maximum atomic E-state index is 12.6. The van der Waals surface area contributed by atoms with Gasteiger partial charge in [-0.25, -0.2) is 0 Å². The van der Waals surface area contributed by atoms with Gasteiger partial charge in [-0.3, -0.25) is 0 Å². The van der Waals surface area contributed by atoms with Crippen molar-refractivity contribution < 1.29 is 13.2 Å². The fourth-order valence-corrected chi connectivity index (χ4v) is 1.67. The second-order valence-corrected chi connectivity index (χ2v) is 3.30. The summed E-state index contributed by atoms with van der Waals surface area (Å²) >= 11 is 5.61. The Hall–Kier alpha value is -1.21. The maximum absolute atomic E-state index is 12.6. The molecule has 1 rings (SSSR count). The standard InChI is InChI=1S/C10H7ClF3N/c1-2-6-3-4-7(5-15)8(9(6)11)10(12,13)14/h3-4H,2H2,1H3. The Kier molecular flexibility index (Phi) is 3.25. The van der Waals surface area contributed by atoms with Crippen molar-refractivity contribution in [2.45, 2.75) is 19.5 Å². The van der Waals surface area contributed by atoms with E-state index in [1.165, 1.54) is 12.1 Å². The van der Waals surface area contributed by atoms with Gasteiger partial charge in [-0.15, -0.1) is 0 Å². The first-order chi connectivity index (χ1) is 6.91. The highest BCUT2D eigenvalue weighted by Crippen LogP contribution is 2.38. The lowest BCUT2D eigenvalue weighted by Gasteiger charge is -2.13. The number of rotatable bonds is 1. The fourth-order valence-electron chi connectivity index (χ4n) is 1.26. The van der Waals surface area contributed by atoms with Crippen molar-refractivity contribution in [3.8, 4) is 6.07 Å². The molecule has 80 valence electrons. The zero-order chi connectivity index (χ0) is 11.6. The van der Waals surface area contributed by atoms with Crippen molar-refractivity contribution in [3.63, 3.8) is 0 Å². The molecule has 0 spiro atoms. The monoisotopic (exact) mass is 233 g/mol. The minimum atomic E-state index is -4.59. The molecule has 0 saturated carbocycles. The molecule has 0 unspecified atom stereocenters. The normalized spacial score (nSPS) is 11.2. The lowest BCUT2D eigenvalue weighted by molar-refractivity contribution is -0.137. The SMILES string of the molecule is CCc1ccc(C#N)c(C(F)(F)F)c1Cl. The van der Waals surface area contributed by atoms with Gasteiger partial charge < -0.3 is 0 Å². The van der Waals surface area contributed by atoms with Gasteiger partial charge in [0.1, 0.15) is 0 Å². The van der Waals surface area contributed by atoms with Crippen LogP contribution in [0.2, 0.25) is 5.02 Å². The summed E-state index contributed by atoms with van der Waals surface area (Å²) in [5.41, 5.74) is -1.08. The number of hydrogen-bond acceptors (Lipinski definition) is 1. The molecule has 0 fully saturated rings. The quantitative estimate of drug-likeness (QED) is 0.724. The highest BCUT2D eigenvalue weighted by molar-refractivity contribution is 6.32. The van der Waals surface area contributed by atoms with Gasteiger partial charge in [0.25, 0.3) is 0 Å². The molecule has 0 bridgehead atoms. The highest BCUT2D eigenvalue weighted by atomic mass is 35.5. The number of nitriles is 1. The summed E-state index contributed by atoms with van der Waals surface area (Å²) in [6, 6.07) is 4.08. The van der Waals surface area contributed by atoms with Crippen LogP contribution in [0.3, 0.4) is 0 Å². The van der Waals surface area contributed by atoms with E-state index in [1.807, 2.05) is 0 Å². The Morgan fingerprint density at radius 3 is 2.40 bits per heavy atom. The molecule has 0 aromatic heterocycles. The summed E-state index contributed by atoms with van der Waals surface area (Å²) < 4.78 is 37.7. The van der Waals surface area contributed by atoms with E-state index in [4.69, 9.17) is 16.9 Å². The Morgan fingerprint density at radius 1 is 1.40 bits per heavy atom. The summed E-state index contributed by atoms with van der Waals surface area (Å²) in [4.78, 5) is 0. The van der Waals surface area contributed by atoms with E-state index in [9.17, 15) is 13.2 Å². The third-order valence-corrected chi connectivity index (χ3v) is 2.44. The van der Waals surface area contributed by atoms with Gasteiger partial charge in [-0.2, -0.15) is 18.4 Å². The molecule has 15 heavy (non-hydrogen) atoms. The third-order valence-electron chi connectivity index (χ3n) is 2.01. The topological polar surface area (TPSA) is 23.8 Å². The van der Waals surface area contributed by atoms with Gasteiger partial charge in [0.05, 0.1) is 22.2 Å². The van der Waals surface area contributed by atoms with Gasteiger partial charge in [0.2, 0.25) is 0 Å². The molecule has 0 N–H and O–H groups in total. The summed E-state index contributed by atoms with van der Waals surface area (Å²) in [5, 5.41) is 8.19. The average molecular weight is 234 g/mol. The first-order valence-electron chi connectivity index (χ1n) is 4.20. The van der Waals surface area contributed by atoms with Crippen molar-refractivity contribution in [1.82, 2.24) is 0 Å². The number of alkyl halides is 3.